The number of rotatable bonds is 3. The topological polar surface area (TPSA) is 63.3 Å². The van der Waals surface area contributed by atoms with Gasteiger partial charge >= 0.3 is 5.97 Å². The first-order valence-corrected chi connectivity index (χ1v) is 4.62. The van der Waals surface area contributed by atoms with Crippen molar-refractivity contribution in [2.24, 2.45) is 11.1 Å². The van der Waals surface area contributed by atoms with Crippen LogP contribution >= 0.6 is 0 Å². The largest absolute Gasteiger partial charge is 0.481 e. The summed E-state index contributed by atoms with van der Waals surface area (Å²) in [7, 11) is 0. The molecule has 0 aliphatic heterocycles. The van der Waals surface area contributed by atoms with E-state index in [0.717, 1.165) is 32.1 Å². The van der Waals surface area contributed by atoms with Gasteiger partial charge in [0.15, 0.2) is 0 Å². The number of hydrogen-bond donors (Lipinski definition) is 2. The molecular weight excluding hydrogens is 154 g/mol. The molecule has 0 amide bonds. The van der Waals surface area contributed by atoms with E-state index in [1.54, 1.807) is 0 Å². The molecule has 3 heteroatoms. The van der Waals surface area contributed by atoms with Crippen LogP contribution < -0.4 is 5.73 Å². The van der Waals surface area contributed by atoms with Gasteiger partial charge in [0, 0.05) is 6.04 Å². The molecule has 0 aromatic heterocycles. The number of aliphatic carboxylic acids is 1. The quantitative estimate of drug-likeness (QED) is 0.674. The summed E-state index contributed by atoms with van der Waals surface area (Å²) in [6.07, 6.45) is 4.31. The minimum absolute atomic E-state index is 0.169. The summed E-state index contributed by atoms with van der Waals surface area (Å²) in [6.45, 7) is 1.95. The number of nitrogens with two attached hydrogens (primary N) is 1. The SMILES string of the molecule is CCC(N)C1(C(=O)O)CCCC1. The van der Waals surface area contributed by atoms with E-state index in [-0.39, 0.29) is 6.04 Å². The van der Waals surface area contributed by atoms with E-state index < -0.39 is 11.4 Å². The van der Waals surface area contributed by atoms with Crippen molar-refractivity contribution in [3.8, 4) is 0 Å². The van der Waals surface area contributed by atoms with Gasteiger partial charge in [0.2, 0.25) is 0 Å². The van der Waals surface area contributed by atoms with Crippen LogP contribution in [-0.2, 0) is 4.79 Å². The van der Waals surface area contributed by atoms with Crippen LogP contribution in [0.3, 0.4) is 0 Å². The van der Waals surface area contributed by atoms with Crippen molar-refractivity contribution in [1.29, 1.82) is 0 Å². The van der Waals surface area contributed by atoms with Crippen molar-refractivity contribution in [2.75, 3.05) is 0 Å². The second kappa shape index (κ2) is 3.44. The van der Waals surface area contributed by atoms with Crippen molar-refractivity contribution in [2.45, 2.75) is 45.1 Å². The molecule has 3 N–H and O–H groups in total. The third-order valence-electron chi connectivity index (χ3n) is 3.07. The maximum absolute atomic E-state index is 11.0. The molecule has 1 unspecified atom stereocenters. The highest BCUT2D eigenvalue weighted by molar-refractivity contribution is 5.76. The van der Waals surface area contributed by atoms with Crippen LogP contribution in [0.5, 0.6) is 0 Å². The Labute approximate surface area is 72.9 Å². The van der Waals surface area contributed by atoms with E-state index in [2.05, 4.69) is 0 Å². The Bertz CT molecular complexity index is 173. The fourth-order valence-corrected chi connectivity index (χ4v) is 2.14. The average molecular weight is 171 g/mol. The molecule has 1 fully saturated rings. The molecular formula is C9H17NO2. The van der Waals surface area contributed by atoms with Gasteiger partial charge in [-0.2, -0.15) is 0 Å². The zero-order valence-corrected chi connectivity index (χ0v) is 7.55. The summed E-state index contributed by atoms with van der Waals surface area (Å²) >= 11 is 0. The van der Waals surface area contributed by atoms with Gasteiger partial charge in [-0.3, -0.25) is 4.79 Å². The van der Waals surface area contributed by atoms with Gasteiger partial charge in [-0.1, -0.05) is 19.8 Å². The van der Waals surface area contributed by atoms with E-state index in [1.807, 2.05) is 6.92 Å². The van der Waals surface area contributed by atoms with E-state index in [1.165, 1.54) is 0 Å². The minimum Gasteiger partial charge on any atom is -0.481 e. The molecule has 1 rings (SSSR count). The molecule has 1 saturated carbocycles. The van der Waals surface area contributed by atoms with Gasteiger partial charge < -0.3 is 10.8 Å². The zero-order valence-electron chi connectivity index (χ0n) is 7.55. The number of carboxylic acid groups (broad SMARTS) is 1. The maximum Gasteiger partial charge on any atom is 0.311 e. The normalized spacial score (nSPS) is 23.8. The van der Waals surface area contributed by atoms with Gasteiger partial charge in [-0.05, 0) is 19.3 Å². The summed E-state index contributed by atoms with van der Waals surface area (Å²) in [5, 5.41) is 9.09. The van der Waals surface area contributed by atoms with Crippen LogP contribution in [-0.4, -0.2) is 17.1 Å². The van der Waals surface area contributed by atoms with Crippen molar-refractivity contribution >= 4 is 5.97 Å². The zero-order chi connectivity index (χ0) is 9.19. The van der Waals surface area contributed by atoms with E-state index >= 15 is 0 Å². The summed E-state index contributed by atoms with van der Waals surface area (Å²) in [4.78, 5) is 11.0. The molecule has 12 heavy (non-hydrogen) atoms. The summed E-state index contributed by atoms with van der Waals surface area (Å²) < 4.78 is 0. The van der Waals surface area contributed by atoms with Crippen LogP contribution in [0.25, 0.3) is 0 Å². The number of carboxylic acids is 1. The van der Waals surface area contributed by atoms with Crippen molar-refractivity contribution in [3.63, 3.8) is 0 Å². The maximum atomic E-state index is 11.0. The Hall–Kier alpha value is -0.570. The second-order valence-electron chi connectivity index (χ2n) is 3.68. The molecule has 0 spiro atoms. The molecule has 0 heterocycles. The molecule has 0 aromatic rings. The fraction of sp³-hybridized carbons (Fsp3) is 0.889. The minimum atomic E-state index is -0.700. The molecule has 1 atom stereocenters. The Kier molecular flexibility index (Phi) is 2.73. The Balaban J connectivity index is 2.78. The lowest BCUT2D eigenvalue weighted by atomic mass is 9.78. The van der Waals surface area contributed by atoms with Crippen molar-refractivity contribution in [3.05, 3.63) is 0 Å². The van der Waals surface area contributed by atoms with Crippen LogP contribution in [0.4, 0.5) is 0 Å². The van der Waals surface area contributed by atoms with Gasteiger partial charge in [0.1, 0.15) is 0 Å². The summed E-state index contributed by atoms with van der Waals surface area (Å²) in [5.74, 6) is -0.700. The van der Waals surface area contributed by atoms with Crippen LogP contribution in [0, 0.1) is 5.41 Å². The van der Waals surface area contributed by atoms with Gasteiger partial charge in [-0.15, -0.1) is 0 Å². The fourth-order valence-electron chi connectivity index (χ4n) is 2.14. The third-order valence-corrected chi connectivity index (χ3v) is 3.07. The first-order valence-electron chi connectivity index (χ1n) is 4.62. The van der Waals surface area contributed by atoms with Gasteiger partial charge in [0.05, 0.1) is 5.41 Å². The van der Waals surface area contributed by atoms with Gasteiger partial charge in [0.25, 0.3) is 0 Å². The molecule has 1 aliphatic carbocycles. The Morgan fingerprint density at radius 1 is 1.58 bits per heavy atom. The predicted molar refractivity (Wildman–Crippen MR) is 46.8 cm³/mol. The van der Waals surface area contributed by atoms with Crippen LogP contribution in [0.15, 0.2) is 0 Å². The molecule has 0 aromatic carbocycles. The summed E-state index contributed by atoms with van der Waals surface area (Å²) in [6, 6.07) is -0.169. The lowest BCUT2D eigenvalue weighted by molar-refractivity contribution is -0.150. The van der Waals surface area contributed by atoms with Crippen LogP contribution in [0.1, 0.15) is 39.0 Å². The van der Waals surface area contributed by atoms with E-state index in [0.29, 0.717) is 0 Å². The predicted octanol–water partition coefficient (Wildman–Crippen LogP) is 1.37. The highest BCUT2D eigenvalue weighted by Crippen LogP contribution is 2.41. The summed E-state index contributed by atoms with van der Waals surface area (Å²) in [5.41, 5.74) is 5.23. The van der Waals surface area contributed by atoms with Crippen molar-refractivity contribution < 1.29 is 9.90 Å². The van der Waals surface area contributed by atoms with Crippen LogP contribution in [0.2, 0.25) is 0 Å². The molecule has 0 bridgehead atoms. The molecule has 70 valence electrons. The molecule has 0 radical (unpaired) electrons. The molecule has 3 nitrogen and oxygen atoms in total. The second-order valence-corrected chi connectivity index (χ2v) is 3.68. The number of hydrogen-bond acceptors (Lipinski definition) is 2. The highest BCUT2D eigenvalue weighted by atomic mass is 16.4. The van der Waals surface area contributed by atoms with Gasteiger partial charge in [-0.25, -0.2) is 0 Å². The smallest absolute Gasteiger partial charge is 0.311 e. The van der Waals surface area contributed by atoms with E-state index in [9.17, 15) is 4.79 Å². The first kappa shape index (κ1) is 9.52. The molecule has 0 saturated heterocycles. The first-order chi connectivity index (χ1) is 5.63. The Morgan fingerprint density at radius 3 is 2.42 bits per heavy atom. The highest BCUT2D eigenvalue weighted by Gasteiger charge is 2.45. The lowest BCUT2D eigenvalue weighted by Gasteiger charge is -2.29. The van der Waals surface area contributed by atoms with Crippen molar-refractivity contribution in [1.82, 2.24) is 0 Å². The lowest BCUT2D eigenvalue weighted by Crippen LogP contribution is -2.45. The standard InChI is InChI=1S/C9H17NO2/c1-2-7(10)9(8(11)12)5-3-4-6-9/h7H,2-6,10H2,1H3,(H,11,12). The number of carbonyl (C=O) groups is 1. The monoisotopic (exact) mass is 171 g/mol. The average Bonchev–Trinajstić information content (AvgIpc) is 2.52. The Morgan fingerprint density at radius 2 is 2.08 bits per heavy atom. The van der Waals surface area contributed by atoms with E-state index in [4.69, 9.17) is 10.8 Å². The molecule has 1 aliphatic rings. The third kappa shape index (κ3) is 1.33.